The first-order valence-electron chi connectivity index (χ1n) is 7.79. The highest BCUT2D eigenvalue weighted by molar-refractivity contribution is 5.84. The van der Waals surface area contributed by atoms with Crippen molar-refractivity contribution in [1.29, 1.82) is 0 Å². The first-order chi connectivity index (χ1) is 11.2. The van der Waals surface area contributed by atoms with E-state index in [4.69, 9.17) is 5.11 Å². The lowest BCUT2D eigenvalue weighted by molar-refractivity contribution is 0.0690. The minimum absolute atomic E-state index is 0.0371. The maximum absolute atomic E-state index is 10.8. The predicted molar refractivity (Wildman–Crippen MR) is 87.4 cm³/mol. The van der Waals surface area contributed by atoms with Gasteiger partial charge in [0.05, 0.1) is 12.4 Å². The Kier molecular flexibility index (Phi) is 4.83. The summed E-state index contributed by atoms with van der Waals surface area (Å²) in [6, 6.07) is 10.8. The number of aromatic carboxylic acids is 1. The Morgan fingerprint density at radius 1 is 1.26 bits per heavy atom. The molecule has 3 rings (SSSR count). The summed E-state index contributed by atoms with van der Waals surface area (Å²) in [4.78, 5) is 21.2. The molecule has 1 saturated heterocycles. The summed E-state index contributed by atoms with van der Waals surface area (Å²) in [5.41, 5.74) is 1.28. The van der Waals surface area contributed by atoms with Crippen LogP contribution in [0.4, 0.5) is 5.82 Å². The average Bonchev–Trinajstić information content (AvgIpc) is 2.57. The molecule has 2 aromatic rings. The number of likely N-dealkylation sites (tertiary alicyclic amines) is 1. The second-order valence-electron chi connectivity index (χ2n) is 5.80. The van der Waals surface area contributed by atoms with Gasteiger partial charge in [0.25, 0.3) is 0 Å². The molecular weight excluding hydrogens is 292 g/mol. The van der Waals surface area contributed by atoms with E-state index in [9.17, 15) is 4.79 Å². The van der Waals surface area contributed by atoms with Crippen LogP contribution in [0.1, 0.15) is 28.9 Å². The van der Waals surface area contributed by atoms with Gasteiger partial charge in [-0.3, -0.25) is 4.90 Å². The molecule has 1 atom stereocenters. The summed E-state index contributed by atoms with van der Waals surface area (Å²) in [6.45, 7) is 2.98. The van der Waals surface area contributed by atoms with Crippen molar-refractivity contribution in [2.75, 3.05) is 18.4 Å². The van der Waals surface area contributed by atoms with Crippen LogP contribution in [0.2, 0.25) is 0 Å². The number of hydrogen-bond acceptors (Lipinski definition) is 5. The second-order valence-corrected chi connectivity index (χ2v) is 5.80. The van der Waals surface area contributed by atoms with Crippen LogP contribution < -0.4 is 5.32 Å². The van der Waals surface area contributed by atoms with Gasteiger partial charge in [-0.1, -0.05) is 30.3 Å². The third kappa shape index (κ3) is 4.26. The summed E-state index contributed by atoms with van der Waals surface area (Å²) < 4.78 is 0. The molecular formula is C17H20N4O2. The van der Waals surface area contributed by atoms with Crippen LogP contribution in [-0.2, 0) is 6.54 Å². The third-order valence-corrected chi connectivity index (χ3v) is 3.98. The first-order valence-corrected chi connectivity index (χ1v) is 7.79. The normalized spacial score (nSPS) is 18.5. The zero-order valence-electron chi connectivity index (χ0n) is 12.9. The van der Waals surface area contributed by atoms with Crippen molar-refractivity contribution in [3.63, 3.8) is 0 Å². The number of carboxylic acids is 1. The van der Waals surface area contributed by atoms with Crippen molar-refractivity contribution in [3.05, 3.63) is 54.0 Å². The van der Waals surface area contributed by atoms with Gasteiger partial charge in [-0.05, 0) is 24.9 Å². The molecule has 1 unspecified atom stereocenters. The highest BCUT2D eigenvalue weighted by Gasteiger charge is 2.20. The molecule has 1 aromatic heterocycles. The zero-order chi connectivity index (χ0) is 16.1. The fraction of sp³-hybridized carbons (Fsp3) is 0.353. The Balaban J connectivity index is 1.57. The number of benzene rings is 1. The summed E-state index contributed by atoms with van der Waals surface area (Å²) >= 11 is 0. The zero-order valence-corrected chi connectivity index (χ0v) is 12.9. The lowest BCUT2D eigenvalue weighted by atomic mass is 10.0. The lowest BCUT2D eigenvalue weighted by Crippen LogP contribution is -2.41. The van der Waals surface area contributed by atoms with E-state index in [1.807, 2.05) is 6.07 Å². The van der Waals surface area contributed by atoms with Gasteiger partial charge in [0.2, 0.25) is 0 Å². The van der Waals surface area contributed by atoms with Crippen LogP contribution in [0.5, 0.6) is 0 Å². The van der Waals surface area contributed by atoms with E-state index in [0.717, 1.165) is 32.5 Å². The second kappa shape index (κ2) is 7.19. The van der Waals surface area contributed by atoms with E-state index >= 15 is 0 Å². The van der Waals surface area contributed by atoms with Crippen molar-refractivity contribution >= 4 is 11.8 Å². The van der Waals surface area contributed by atoms with Gasteiger partial charge in [0.15, 0.2) is 5.69 Å². The van der Waals surface area contributed by atoms with Gasteiger partial charge in [0.1, 0.15) is 5.82 Å². The lowest BCUT2D eigenvalue weighted by Gasteiger charge is -2.33. The minimum atomic E-state index is -1.06. The third-order valence-electron chi connectivity index (χ3n) is 3.98. The summed E-state index contributed by atoms with van der Waals surface area (Å²) in [5.74, 6) is -0.433. The Bertz CT molecular complexity index is 645. The first kappa shape index (κ1) is 15.4. The van der Waals surface area contributed by atoms with E-state index in [-0.39, 0.29) is 5.69 Å². The monoisotopic (exact) mass is 312 g/mol. The highest BCUT2D eigenvalue weighted by atomic mass is 16.4. The Hall–Kier alpha value is -2.47. The summed E-state index contributed by atoms with van der Waals surface area (Å²) in [5, 5.41) is 12.2. The Morgan fingerprint density at radius 3 is 2.78 bits per heavy atom. The molecule has 6 heteroatoms. The Labute approximate surface area is 135 Å². The molecule has 1 aliphatic heterocycles. The van der Waals surface area contributed by atoms with Crippen molar-refractivity contribution < 1.29 is 9.90 Å². The average molecular weight is 312 g/mol. The van der Waals surface area contributed by atoms with Crippen LogP contribution in [0.25, 0.3) is 0 Å². The van der Waals surface area contributed by atoms with E-state index in [1.165, 1.54) is 18.0 Å². The fourth-order valence-corrected chi connectivity index (χ4v) is 2.88. The number of piperidine rings is 1. The SMILES string of the molecule is O=C(O)c1cnc(NC2CCCN(Cc3ccccc3)C2)cn1. The van der Waals surface area contributed by atoms with Gasteiger partial charge in [0, 0.05) is 19.1 Å². The molecule has 0 bridgehead atoms. The number of aromatic nitrogens is 2. The largest absolute Gasteiger partial charge is 0.476 e. The minimum Gasteiger partial charge on any atom is -0.476 e. The van der Waals surface area contributed by atoms with Gasteiger partial charge in [-0.25, -0.2) is 14.8 Å². The van der Waals surface area contributed by atoms with Crippen LogP contribution in [0.3, 0.4) is 0 Å². The van der Waals surface area contributed by atoms with E-state index in [2.05, 4.69) is 44.5 Å². The van der Waals surface area contributed by atoms with Crippen molar-refractivity contribution in [2.24, 2.45) is 0 Å². The molecule has 0 spiro atoms. The van der Waals surface area contributed by atoms with Gasteiger partial charge >= 0.3 is 5.97 Å². The van der Waals surface area contributed by atoms with E-state index in [1.54, 1.807) is 0 Å². The van der Waals surface area contributed by atoms with Crippen molar-refractivity contribution in [3.8, 4) is 0 Å². The maximum atomic E-state index is 10.8. The molecule has 0 aliphatic carbocycles. The quantitative estimate of drug-likeness (QED) is 0.881. The molecule has 2 heterocycles. The van der Waals surface area contributed by atoms with Crippen LogP contribution >= 0.6 is 0 Å². The molecule has 120 valence electrons. The van der Waals surface area contributed by atoms with Crippen LogP contribution in [0, 0.1) is 0 Å². The summed E-state index contributed by atoms with van der Waals surface area (Å²) in [6.07, 6.45) is 4.98. The highest BCUT2D eigenvalue weighted by Crippen LogP contribution is 2.16. The molecule has 1 aliphatic rings. The van der Waals surface area contributed by atoms with Crippen LogP contribution in [0.15, 0.2) is 42.7 Å². The number of nitrogens with zero attached hydrogens (tertiary/aromatic N) is 3. The molecule has 1 aromatic carbocycles. The number of rotatable bonds is 5. The van der Waals surface area contributed by atoms with Crippen molar-refractivity contribution in [2.45, 2.75) is 25.4 Å². The number of nitrogens with one attached hydrogen (secondary N) is 1. The Morgan fingerprint density at radius 2 is 2.09 bits per heavy atom. The number of hydrogen-bond donors (Lipinski definition) is 2. The van der Waals surface area contributed by atoms with Crippen LogP contribution in [-0.4, -0.2) is 45.1 Å². The number of carboxylic acid groups (broad SMARTS) is 1. The maximum Gasteiger partial charge on any atom is 0.356 e. The smallest absolute Gasteiger partial charge is 0.356 e. The molecule has 1 fully saturated rings. The summed E-state index contributed by atoms with van der Waals surface area (Å²) in [7, 11) is 0. The molecule has 6 nitrogen and oxygen atoms in total. The van der Waals surface area contributed by atoms with Gasteiger partial charge < -0.3 is 10.4 Å². The van der Waals surface area contributed by atoms with Crippen molar-refractivity contribution in [1.82, 2.24) is 14.9 Å². The molecule has 0 radical (unpaired) electrons. The molecule has 2 N–H and O–H groups in total. The topological polar surface area (TPSA) is 78.3 Å². The van der Waals surface area contributed by atoms with Gasteiger partial charge in [-0.2, -0.15) is 0 Å². The van der Waals surface area contributed by atoms with E-state index < -0.39 is 5.97 Å². The standard InChI is InChI=1S/C17H20N4O2/c22-17(23)15-9-19-16(10-18-15)20-14-7-4-8-21(12-14)11-13-5-2-1-3-6-13/h1-3,5-6,9-10,14H,4,7-8,11-12H2,(H,19,20)(H,22,23). The molecule has 0 saturated carbocycles. The van der Waals surface area contributed by atoms with E-state index in [0.29, 0.717) is 11.9 Å². The molecule has 23 heavy (non-hydrogen) atoms. The number of carbonyl (C=O) groups is 1. The van der Waals surface area contributed by atoms with Gasteiger partial charge in [-0.15, -0.1) is 0 Å². The predicted octanol–water partition coefficient (Wildman–Crippen LogP) is 2.25. The number of anilines is 1. The molecule has 0 amide bonds. The fourth-order valence-electron chi connectivity index (χ4n) is 2.88.